The fraction of sp³-hybridized carbons (Fsp3) is 0.0909. The van der Waals surface area contributed by atoms with Crippen LogP contribution in [0.5, 0.6) is 11.8 Å². The van der Waals surface area contributed by atoms with Gasteiger partial charge in [-0.05, 0) is 12.1 Å². The van der Waals surface area contributed by atoms with E-state index in [9.17, 15) is 4.79 Å². The molecule has 1 N–H and O–H groups in total. The van der Waals surface area contributed by atoms with Gasteiger partial charge < -0.3 is 14.4 Å². The molecule has 0 aliphatic heterocycles. The number of aryl methyl sites for hydroxylation is 1. The first-order chi connectivity index (χ1) is 8.08. The number of nitrogens with zero attached hydrogens (tertiary/aromatic N) is 2. The minimum Gasteiger partial charge on any atom is -0.478 e. The molecule has 88 valence electrons. The minimum absolute atomic E-state index is 0.0393. The van der Waals surface area contributed by atoms with Gasteiger partial charge in [-0.25, -0.2) is 9.78 Å². The third-order valence-electron chi connectivity index (χ3n) is 2.15. The van der Waals surface area contributed by atoms with Crippen LogP contribution < -0.4 is 4.74 Å². The maximum absolute atomic E-state index is 11.0. The van der Waals surface area contributed by atoms with Gasteiger partial charge in [0.05, 0.1) is 0 Å². The Bertz CT molecular complexity index is 566. The van der Waals surface area contributed by atoms with Crippen molar-refractivity contribution >= 4 is 17.6 Å². The van der Waals surface area contributed by atoms with Crippen LogP contribution in [0.2, 0.25) is 5.02 Å². The quantitative estimate of drug-likeness (QED) is 0.912. The number of carboxylic acids is 1. The predicted octanol–water partition coefficient (Wildman–Crippen LogP) is 2.56. The second-order valence-electron chi connectivity index (χ2n) is 3.37. The number of rotatable bonds is 3. The molecule has 5 nitrogen and oxygen atoms in total. The zero-order chi connectivity index (χ0) is 12.4. The molecule has 0 amide bonds. The Kier molecular flexibility index (Phi) is 3.01. The molecule has 1 aromatic carbocycles. The summed E-state index contributed by atoms with van der Waals surface area (Å²) in [7, 11) is 1.74. The number of imidazole rings is 1. The van der Waals surface area contributed by atoms with Crippen molar-refractivity contribution in [1.82, 2.24) is 9.55 Å². The third-order valence-corrected chi connectivity index (χ3v) is 2.39. The van der Waals surface area contributed by atoms with Crippen LogP contribution in [0, 0.1) is 0 Å². The van der Waals surface area contributed by atoms with E-state index in [-0.39, 0.29) is 11.3 Å². The predicted molar refractivity (Wildman–Crippen MR) is 61.7 cm³/mol. The molecule has 17 heavy (non-hydrogen) atoms. The Labute approximate surface area is 102 Å². The summed E-state index contributed by atoms with van der Waals surface area (Å²) < 4.78 is 7.04. The second kappa shape index (κ2) is 4.47. The monoisotopic (exact) mass is 252 g/mol. The maximum atomic E-state index is 11.0. The van der Waals surface area contributed by atoms with Gasteiger partial charge in [-0.2, -0.15) is 0 Å². The van der Waals surface area contributed by atoms with Crippen LogP contribution >= 0.6 is 11.6 Å². The molecule has 0 aliphatic rings. The molecule has 0 saturated carbocycles. The third kappa shape index (κ3) is 2.39. The van der Waals surface area contributed by atoms with Crippen LogP contribution in [-0.2, 0) is 7.05 Å². The fourth-order valence-corrected chi connectivity index (χ4v) is 1.47. The fourth-order valence-electron chi connectivity index (χ4n) is 1.31. The highest BCUT2D eigenvalue weighted by molar-refractivity contribution is 6.30. The lowest BCUT2D eigenvalue weighted by molar-refractivity contribution is 0.0694. The van der Waals surface area contributed by atoms with E-state index in [0.717, 1.165) is 0 Å². The molecule has 1 heterocycles. The maximum Gasteiger partial charge on any atom is 0.339 e. The number of ether oxygens (including phenoxy) is 1. The van der Waals surface area contributed by atoms with E-state index < -0.39 is 5.97 Å². The van der Waals surface area contributed by atoms with Gasteiger partial charge >= 0.3 is 12.0 Å². The summed E-state index contributed by atoms with van der Waals surface area (Å²) in [4.78, 5) is 14.9. The molecule has 0 fully saturated rings. The van der Waals surface area contributed by atoms with Crippen molar-refractivity contribution in [3.63, 3.8) is 0 Å². The smallest absolute Gasteiger partial charge is 0.339 e. The van der Waals surface area contributed by atoms with Crippen LogP contribution in [0.4, 0.5) is 0 Å². The zero-order valence-electron chi connectivity index (χ0n) is 8.92. The second-order valence-corrected chi connectivity index (χ2v) is 3.80. The summed E-state index contributed by atoms with van der Waals surface area (Å²) in [5.41, 5.74) is 0.0393. The molecule has 0 spiro atoms. The first kappa shape index (κ1) is 11.5. The van der Waals surface area contributed by atoms with Gasteiger partial charge in [0.25, 0.3) is 0 Å². The van der Waals surface area contributed by atoms with Gasteiger partial charge in [-0.1, -0.05) is 11.6 Å². The number of carboxylic acid groups (broad SMARTS) is 1. The standard InChI is InChI=1S/C11H9ClN2O3/c1-14-5-4-13-11(14)17-9-6-7(12)2-3-8(9)10(15)16/h2-6H,1H3,(H,15,16). The molecule has 0 saturated heterocycles. The Morgan fingerprint density at radius 1 is 1.53 bits per heavy atom. The summed E-state index contributed by atoms with van der Waals surface area (Å²) in [5, 5.41) is 9.41. The summed E-state index contributed by atoms with van der Waals surface area (Å²) in [6.07, 6.45) is 3.25. The Morgan fingerprint density at radius 3 is 2.88 bits per heavy atom. The van der Waals surface area contributed by atoms with Crippen molar-refractivity contribution in [3.8, 4) is 11.8 Å². The van der Waals surface area contributed by atoms with Gasteiger partial charge in [-0.15, -0.1) is 0 Å². The van der Waals surface area contributed by atoms with Gasteiger partial charge in [0.2, 0.25) is 0 Å². The van der Waals surface area contributed by atoms with Crippen LogP contribution in [0.3, 0.4) is 0 Å². The summed E-state index contributed by atoms with van der Waals surface area (Å²) in [5.74, 6) is -0.912. The molecule has 0 unspecified atom stereocenters. The zero-order valence-corrected chi connectivity index (χ0v) is 9.68. The van der Waals surface area contributed by atoms with Gasteiger partial charge in [-0.3, -0.25) is 0 Å². The summed E-state index contributed by atoms with van der Waals surface area (Å²) in [6, 6.07) is 4.63. The average molecular weight is 253 g/mol. The number of aromatic nitrogens is 2. The Morgan fingerprint density at radius 2 is 2.29 bits per heavy atom. The van der Waals surface area contributed by atoms with Gasteiger partial charge in [0.1, 0.15) is 11.3 Å². The number of hydrogen-bond donors (Lipinski definition) is 1. The topological polar surface area (TPSA) is 64.4 Å². The van der Waals surface area contributed by atoms with Gasteiger partial charge in [0, 0.05) is 30.5 Å². The Balaban J connectivity index is 2.41. The van der Waals surface area contributed by atoms with E-state index in [0.29, 0.717) is 11.0 Å². The van der Waals surface area contributed by atoms with Crippen molar-refractivity contribution in [2.75, 3.05) is 0 Å². The van der Waals surface area contributed by atoms with Gasteiger partial charge in [0.15, 0.2) is 0 Å². The molecule has 0 bridgehead atoms. The average Bonchev–Trinajstić information content (AvgIpc) is 2.64. The molecular weight excluding hydrogens is 244 g/mol. The van der Waals surface area contributed by atoms with E-state index in [1.165, 1.54) is 18.2 Å². The number of aromatic carboxylic acids is 1. The molecule has 0 aliphatic carbocycles. The van der Waals surface area contributed by atoms with Crippen molar-refractivity contribution in [3.05, 3.63) is 41.2 Å². The lowest BCUT2D eigenvalue weighted by Crippen LogP contribution is -2.02. The van der Waals surface area contributed by atoms with E-state index in [2.05, 4.69) is 4.98 Å². The van der Waals surface area contributed by atoms with Crippen molar-refractivity contribution in [2.24, 2.45) is 7.05 Å². The van der Waals surface area contributed by atoms with Crippen LogP contribution in [0.15, 0.2) is 30.6 Å². The molecule has 6 heteroatoms. The SMILES string of the molecule is Cn1ccnc1Oc1cc(Cl)ccc1C(=O)O. The van der Waals surface area contributed by atoms with E-state index in [1.807, 2.05) is 0 Å². The number of halogens is 1. The number of benzene rings is 1. The van der Waals surface area contributed by atoms with Crippen LogP contribution in [-0.4, -0.2) is 20.6 Å². The van der Waals surface area contributed by atoms with Crippen molar-refractivity contribution in [1.29, 1.82) is 0 Å². The normalized spacial score (nSPS) is 10.2. The van der Waals surface area contributed by atoms with Crippen LogP contribution in [0.1, 0.15) is 10.4 Å². The first-order valence-electron chi connectivity index (χ1n) is 4.76. The highest BCUT2D eigenvalue weighted by atomic mass is 35.5. The van der Waals surface area contributed by atoms with E-state index >= 15 is 0 Å². The van der Waals surface area contributed by atoms with Crippen molar-refractivity contribution in [2.45, 2.75) is 0 Å². The highest BCUT2D eigenvalue weighted by Gasteiger charge is 2.14. The van der Waals surface area contributed by atoms with Crippen LogP contribution in [0.25, 0.3) is 0 Å². The molecule has 2 rings (SSSR count). The molecular formula is C11H9ClN2O3. The molecule has 0 atom stereocenters. The minimum atomic E-state index is -1.08. The summed E-state index contributed by atoms with van der Waals surface area (Å²) >= 11 is 5.80. The highest BCUT2D eigenvalue weighted by Crippen LogP contribution is 2.27. The Hall–Kier alpha value is -2.01. The van der Waals surface area contributed by atoms with E-state index in [4.69, 9.17) is 21.4 Å². The first-order valence-corrected chi connectivity index (χ1v) is 5.14. The number of carbonyl (C=O) groups is 1. The molecule has 0 radical (unpaired) electrons. The molecule has 2 aromatic rings. The number of hydrogen-bond acceptors (Lipinski definition) is 3. The molecule has 1 aromatic heterocycles. The lowest BCUT2D eigenvalue weighted by atomic mass is 10.2. The van der Waals surface area contributed by atoms with Crippen molar-refractivity contribution < 1.29 is 14.6 Å². The largest absolute Gasteiger partial charge is 0.478 e. The summed E-state index contributed by atoms with van der Waals surface area (Å²) in [6.45, 7) is 0. The lowest BCUT2D eigenvalue weighted by Gasteiger charge is -2.08. The van der Waals surface area contributed by atoms with E-state index in [1.54, 1.807) is 24.0 Å².